The summed E-state index contributed by atoms with van der Waals surface area (Å²) in [4.78, 5) is 32.9. The lowest BCUT2D eigenvalue weighted by atomic mass is 9.96. The van der Waals surface area contributed by atoms with E-state index in [9.17, 15) is 29.7 Å². The molecule has 0 aliphatic heterocycles. The second-order valence-corrected chi connectivity index (χ2v) is 4.46. The zero-order chi connectivity index (χ0) is 16.7. The van der Waals surface area contributed by atoms with Gasteiger partial charge in [0.05, 0.1) is 18.8 Å². The van der Waals surface area contributed by atoms with Crippen LogP contribution in [0.25, 0.3) is 0 Å². The van der Waals surface area contributed by atoms with Crippen molar-refractivity contribution in [3.63, 3.8) is 0 Å². The number of carbonyl (C=O) groups excluding carboxylic acids is 2. The average Bonchev–Trinajstić information content (AvgIpc) is 2.41. The molecule has 0 aliphatic rings. The van der Waals surface area contributed by atoms with Gasteiger partial charge in [-0.3, -0.25) is 9.59 Å². The molecular formula is C11H19NO9. The first-order chi connectivity index (χ1) is 9.61. The van der Waals surface area contributed by atoms with Crippen LogP contribution in [0.5, 0.6) is 0 Å². The maximum atomic E-state index is 11.4. The standard InChI is InChI=1S/C11H19NO9/c1-4(14)12-8(10(19)11(20)21)5(15)2-6(16)9(18)7(17)3-13/h5-9,13,15-18H,2-3H2,1H3,(H,12,14)(H,20,21)/t5-,6+,7+,8+,9-/m0/s1. The third kappa shape index (κ3) is 6.14. The number of nitrogens with one attached hydrogen (secondary N) is 1. The molecule has 0 rings (SSSR count). The fraction of sp³-hybridized carbons (Fsp3) is 0.727. The molecule has 1 amide bonds. The molecule has 0 aromatic heterocycles. The highest BCUT2D eigenvalue weighted by molar-refractivity contribution is 6.35. The van der Waals surface area contributed by atoms with Crippen LogP contribution < -0.4 is 5.32 Å². The zero-order valence-corrected chi connectivity index (χ0v) is 11.2. The minimum Gasteiger partial charge on any atom is -0.475 e. The maximum Gasteiger partial charge on any atom is 0.374 e. The van der Waals surface area contributed by atoms with Gasteiger partial charge in [0.1, 0.15) is 18.2 Å². The minimum atomic E-state index is -1.89. The highest BCUT2D eigenvalue weighted by atomic mass is 16.4. The molecule has 0 saturated heterocycles. The number of aliphatic hydroxyl groups is 5. The molecule has 122 valence electrons. The summed E-state index contributed by atoms with van der Waals surface area (Å²) in [6, 6.07) is -1.81. The predicted molar refractivity (Wildman–Crippen MR) is 66.0 cm³/mol. The number of Topliss-reactive ketones (excluding diaryl/α,β-unsaturated/α-hetero) is 1. The number of carboxylic acid groups (broad SMARTS) is 1. The molecule has 0 radical (unpaired) electrons. The van der Waals surface area contributed by atoms with Gasteiger partial charge in [-0.25, -0.2) is 4.79 Å². The molecule has 0 bridgehead atoms. The van der Waals surface area contributed by atoms with Crippen LogP contribution in [-0.2, 0) is 14.4 Å². The molecule has 21 heavy (non-hydrogen) atoms. The van der Waals surface area contributed by atoms with E-state index in [0.29, 0.717) is 0 Å². The van der Waals surface area contributed by atoms with Crippen molar-refractivity contribution < 1.29 is 45.0 Å². The Kier molecular flexibility index (Phi) is 7.99. The van der Waals surface area contributed by atoms with Crippen LogP contribution in [0.2, 0.25) is 0 Å². The molecule has 0 saturated carbocycles. The Morgan fingerprint density at radius 1 is 1.00 bits per heavy atom. The fourth-order valence-corrected chi connectivity index (χ4v) is 1.58. The van der Waals surface area contributed by atoms with E-state index in [0.717, 1.165) is 6.92 Å². The predicted octanol–water partition coefficient (Wildman–Crippen LogP) is -4.03. The zero-order valence-electron chi connectivity index (χ0n) is 11.2. The van der Waals surface area contributed by atoms with E-state index >= 15 is 0 Å². The molecule has 0 heterocycles. The summed E-state index contributed by atoms with van der Waals surface area (Å²) in [7, 11) is 0. The topological polar surface area (TPSA) is 185 Å². The van der Waals surface area contributed by atoms with Gasteiger partial charge >= 0.3 is 5.97 Å². The van der Waals surface area contributed by atoms with Crippen molar-refractivity contribution in [1.82, 2.24) is 5.32 Å². The summed E-state index contributed by atoms with van der Waals surface area (Å²) in [5, 5.41) is 56.9. The van der Waals surface area contributed by atoms with Gasteiger partial charge in [-0.15, -0.1) is 0 Å². The van der Waals surface area contributed by atoms with Crippen molar-refractivity contribution in [2.45, 2.75) is 43.8 Å². The van der Waals surface area contributed by atoms with E-state index in [2.05, 4.69) is 0 Å². The van der Waals surface area contributed by atoms with Crippen LogP contribution in [-0.4, -0.2) is 85.4 Å². The maximum absolute atomic E-state index is 11.4. The van der Waals surface area contributed by atoms with Crippen LogP contribution in [0.15, 0.2) is 0 Å². The van der Waals surface area contributed by atoms with Gasteiger partial charge in [0.15, 0.2) is 0 Å². The highest BCUT2D eigenvalue weighted by Crippen LogP contribution is 2.11. The number of rotatable bonds is 9. The summed E-state index contributed by atoms with van der Waals surface area (Å²) in [6.45, 7) is 0.146. The monoisotopic (exact) mass is 309 g/mol. The van der Waals surface area contributed by atoms with Crippen molar-refractivity contribution in [1.29, 1.82) is 0 Å². The second-order valence-electron chi connectivity index (χ2n) is 4.46. The molecule has 0 aromatic rings. The van der Waals surface area contributed by atoms with E-state index in [1.807, 2.05) is 5.32 Å². The number of ketones is 1. The molecule has 10 nitrogen and oxygen atoms in total. The fourth-order valence-electron chi connectivity index (χ4n) is 1.58. The largest absolute Gasteiger partial charge is 0.475 e. The lowest BCUT2D eigenvalue weighted by Crippen LogP contribution is -2.52. The summed E-state index contributed by atoms with van der Waals surface area (Å²) in [5.74, 6) is -4.17. The van der Waals surface area contributed by atoms with Gasteiger partial charge in [0.25, 0.3) is 5.78 Å². The van der Waals surface area contributed by atoms with Crippen LogP contribution >= 0.6 is 0 Å². The first kappa shape index (κ1) is 19.4. The van der Waals surface area contributed by atoms with Crippen LogP contribution in [0, 0.1) is 0 Å². The van der Waals surface area contributed by atoms with Crippen LogP contribution in [0.4, 0.5) is 0 Å². The second kappa shape index (κ2) is 8.64. The van der Waals surface area contributed by atoms with Crippen molar-refractivity contribution in [2.24, 2.45) is 0 Å². The summed E-state index contributed by atoms with van der Waals surface area (Å²) >= 11 is 0. The smallest absolute Gasteiger partial charge is 0.374 e. The molecule has 0 fully saturated rings. The summed E-state index contributed by atoms with van der Waals surface area (Å²) in [5.41, 5.74) is 0. The van der Waals surface area contributed by atoms with E-state index in [-0.39, 0.29) is 0 Å². The first-order valence-corrected chi connectivity index (χ1v) is 5.99. The van der Waals surface area contributed by atoms with E-state index < -0.39 is 61.1 Å². The normalized spacial score (nSPS) is 18.2. The number of aliphatic carboxylic acids is 1. The Labute approximate surface area is 119 Å². The Morgan fingerprint density at radius 3 is 1.90 bits per heavy atom. The number of carboxylic acids is 1. The Hall–Kier alpha value is -1.59. The molecule has 10 heteroatoms. The molecule has 0 aliphatic carbocycles. The number of hydrogen-bond donors (Lipinski definition) is 7. The van der Waals surface area contributed by atoms with Gasteiger partial charge < -0.3 is 36.0 Å². The molecule has 7 N–H and O–H groups in total. The number of hydrogen-bond acceptors (Lipinski definition) is 8. The Balaban J connectivity index is 4.88. The quantitative estimate of drug-likeness (QED) is 0.208. The molecular weight excluding hydrogens is 290 g/mol. The number of carbonyl (C=O) groups is 3. The lowest BCUT2D eigenvalue weighted by Gasteiger charge is -2.26. The molecule has 0 aromatic carbocycles. The Morgan fingerprint density at radius 2 is 1.52 bits per heavy atom. The molecule has 0 spiro atoms. The molecule has 0 unspecified atom stereocenters. The minimum absolute atomic E-state index is 0.706. The number of amides is 1. The van der Waals surface area contributed by atoms with Crippen molar-refractivity contribution >= 4 is 17.7 Å². The van der Waals surface area contributed by atoms with Crippen LogP contribution in [0.3, 0.4) is 0 Å². The van der Waals surface area contributed by atoms with Gasteiger partial charge in [0.2, 0.25) is 5.91 Å². The van der Waals surface area contributed by atoms with Crippen molar-refractivity contribution in [2.75, 3.05) is 6.61 Å². The SMILES string of the molecule is CC(=O)N[C@@H](C(=O)C(=O)O)[C@@H](O)C[C@@H](O)[C@H](O)[C@H](O)CO. The van der Waals surface area contributed by atoms with Crippen molar-refractivity contribution in [3.05, 3.63) is 0 Å². The number of aliphatic hydroxyl groups excluding tert-OH is 5. The molecule has 5 atom stereocenters. The van der Waals surface area contributed by atoms with E-state index in [4.69, 9.17) is 15.3 Å². The van der Waals surface area contributed by atoms with Gasteiger partial charge in [-0.2, -0.15) is 0 Å². The van der Waals surface area contributed by atoms with Gasteiger partial charge in [-0.05, 0) is 0 Å². The summed E-state index contributed by atoms with van der Waals surface area (Å²) in [6.07, 6.45) is -7.76. The van der Waals surface area contributed by atoms with E-state index in [1.54, 1.807) is 0 Å². The first-order valence-electron chi connectivity index (χ1n) is 5.99. The summed E-state index contributed by atoms with van der Waals surface area (Å²) < 4.78 is 0. The van der Waals surface area contributed by atoms with E-state index in [1.165, 1.54) is 0 Å². The van der Waals surface area contributed by atoms with Crippen LogP contribution in [0.1, 0.15) is 13.3 Å². The van der Waals surface area contributed by atoms with Gasteiger partial charge in [0, 0.05) is 13.3 Å². The third-order valence-corrected chi connectivity index (χ3v) is 2.70. The Bertz CT molecular complexity index is 386. The average molecular weight is 309 g/mol. The van der Waals surface area contributed by atoms with Gasteiger partial charge in [-0.1, -0.05) is 0 Å². The van der Waals surface area contributed by atoms with Crippen molar-refractivity contribution in [3.8, 4) is 0 Å². The third-order valence-electron chi connectivity index (χ3n) is 2.70. The highest BCUT2D eigenvalue weighted by Gasteiger charge is 2.35. The lowest BCUT2D eigenvalue weighted by molar-refractivity contribution is -0.152.